The van der Waals surface area contributed by atoms with Gasteiger partial charge in [0, 0.05) is 12.4 Å². The molecule has 3 aromatic carbocycles. The van der Waals surface area contributed by atoms with E-state index in [0.717, 1.165) is 22.9 Å². The maximum absolute atomic E-state index is 6.10. The van der Waals surface area contributed by atoms with Crippen LogP contribution in [0.2, 0.25) is 0 Å². The van der Waals surface area contributed by atoms with Crippen LogP contribution in [0.5, 0.6) is 11.5 Å². The topological polar surface area (TPSA) is 12.5 Å². The predicted octanol–water partition coefficient (Wildman–Crippen LogP) is 5.02. The molecule has 0 bridgehead atoms. The standard InChI is InChI=1S/C18H15NO/c1-12-7-9-15-17(11-12)20-16-10-8-13-5-3-4-6-14(13)18(16)19(15)2/h3-11H,1-2H3. The van der Waals surface area contributed by atoms with E-state index in [-0.39, 0.29) is 0 Å². The summed E-state index contributed by atoms with van der Waals surface area (Å²) in [6.45, 7) is 2.08. The Labute approximate surface area is 118 Å². The Bertz CT molecular complexity index is 823. The molecule has 0 spiro atoms. The summed E-state index contributed by atoms with van der Waals surface area (Å²) in [5.41, 5.74) is 3.46. The molecule has 0 saturated heterocycles. The third-order valence-corrected chi connectivity index (χ3v) is 3.90. The summed E-state index contributed by atoms with van der Waals surface area (Å²) in [4.78, 5) is 2.22. The third kappa shape index (κ3) is 1.51. The van der Waals surface area contributed by atoms with E-state index in [2.05, 4.69) is 73.5 Å². The lowest BCUT2D eigenvalue weighted by atomic mass is 10.0. The average molecular weight is 261 g/mol. The smallest absolute Gasteiger partial charge is 0.151 e. The molecule has 4 rings (SSSR count). The summed E-state index contributed by atoms with van der Waals surface area (Å²) in [5.74, 6) is 1.85. The van der Waals surface area contributed by atoms with Gasteiger partial charge in [-0.15, -0.1) is 0 Å². The average Bonchev–Trinajstić information content (AvgIpc) is 2.46. The van der Waals surface area contributed by atoms with Crippen molar-refractivity contribution in [3.8, 4) is 11.5 Å². The predicted molar refractivity (Wildman–Crippen MR) is 83.3 cm³/mol. The maximum atomic E-state index is 6.10. The van der Waals surface area contributed by atoms with E-state index in [1.165, 1.54) is 16.3 Å². The molecule has 2 nitrogen and oxygen atoms in total. The largest absolute Gasteiger partial charge is 0.453 e. The first-order chi connectivity index (χ1) is 9.74. The molecule has 2 heteroatoms. The lowest BCUT2D eigenvalue weighted by Gasteiger charge is -2.31. The van der Waals surface area contributed by atoms with Gasteiger partial charge in [0.05, 0.1) is 11.4 Å². The van der Waals surface area contributed by atoms with Crippen LogP contribution < -0.4 is 9.64 Å². The Kier molecular flexibility index (Phi) is 2.27. The van der Waals surface area contributed by atoms with Crippen molar-refractivity contribution in [2.45, 2.75) is 6.92 Å². The normalized spacial score (nSPS) is 12.8. The van der Waals surface area contributed by atoms with E-state index in [4.69, 9.17) is 4.74 Å². The maximum Gasteiger partial charge on any atom is 0.151 e. The van der Waals surface area contributed by atoms with Crippen molar-refractivity contribution in [1.29, 1.82) is 0 Å². The summed E-state index contributed by atoms with van der Waals surface area (Å²) in [7, 11) is 2.10. The number of rotatable bonds is 0. The monoisotopic (exact) mass is 261 g/mol. The Morgan fingerprint density at radius 2 is 1.75 bits per heavy atom. The summed E-state index contributed by atoms with van der Waals surface area (Å²) in [6.07, 6.45) is 0. The van der Waals surface area contributed by atoms with E-state index in [1.807, 2.05) is 0 Å². The third-order valence-electron chi connectivity index (χ3n) is 3.90. The Hall–Kier alpha value is -2.48. The van der Waals surface area contributed by atoms with Gasteiger partial charge in [0.1, 0.15) is 0 Å². The molecule has 98 valence electrons. The fourth-order valence-corrected chi connectivity index (χ4v) is 2.88. The number of hydrogen-bond acceptors (Lipinski definition) is 2. The summed E-state index contributed by atoms with van der Waals surface area (Å²) in [5, 5.41) is 2.45. The highest BCUT2D eigenvalue weighted by atomic mass is 16.5. The van der Waals surface area contributed by atoms with Crippen LogP contribution in [0.25, 0.3) is 10.8 Å². The van der Waals surface area contributed by atoms with Crippen molar-refractivity contribution in [3.05, 3.63) is 60.2 Å². The highest BCUT2D eigenvalue weighted by Crippen LogP contribution is 2.48. The van der Waals surface area contributed by atoms with Gasteiger partial charge in [-0.1, -0.05) is 36.4 Å². The quantitative estimate of drug-likeness (QED) is 0.563. The van der Waals surface area contributed by atoms with Crippen molar-refractivity contribution >= 4 is 22.1 Å². The minimum atomic E-state index is 0.921. The number of fused-ring (bicyclic) bond motifs is 4. The number of benzene rings is 3. The van der Waals surface area contributed by atoms with Crippen LogP contribution in [-0.4, -0.2) is 7.05 Å². The van der Waals surface area contributed by atoms with Gasteiger partial charge in [0.2, 0.25) is 0 Å². The van der Waals surface area contributed by atoms with Crippen molar-refractivity contribution in [3.63, 3.8) is 0 Å². The molecule has 0 fully saturated rings. The molecule has 0 atom stereocenters. The molecule has 3 aromatic rings. The molecule has 0 aliphatic carbocycles. The zero-order valence-corrected chi connectivity index (χ0v) is 11.6. The van der Waals surface area contributed by atoms with E-state index in [1.54, 1.807) is 0 Å². The number of aryl methyl sites for hydroxylation is 1. The molecule has 20 heavy (non-hydrogen) atoms. The molecule has 0 radical (unpaired) electrons. The molecular weight excluding hydrogens is 246 g/mol. The number of anilines is 2. The van der Waals surface area contributed by atoms with Gasteiger partial charge in [-0.3, -0.25) is 0 Å². The highest BCUT2D eigenvalue weighted by Gasteiger charge is 2.23. The van der Waals surface area contributed by atoms with Crippen LogP contribution in [0.3, 0.4) is 0 Å². The van der Waals surface area contributed by atoms with Gasteiger partial charge in [0.15, 0.2) is 11.5 Å². The van der Waals surface area contributed by atoms with Crippen molar-refractivity contribution in [2.24, 2.45) is 0 Å². The molecule has 1 aliphatic heterocycles. The lowest BCUT2D eigenvalue weighted by Crippen LogP contribution is -2.16. The first-order valence-electron chi connectivity index (χ1n) is 6.78. The summed E-state index contributed by atoms with van der Waals surface area (Å²) in [6, 6.07) is 18.9. The Morgan fingerprint density at radius 3 is 2.65 bits per heavy atom. The highest BCUT2D eigenvalue weighted by molar-refractivity contribution is 6.00. The summed E-state index contributed by atoms with van der Waals surface area (Å²) < 4.78 is 6.10. The molecule has 1 aliphatic rings. The molecule has 1 heterocycles. The Balaban J connectivity index is 2.01. The molecule has 0 saturated carbocycles. The Morgan fingerprint density at radius 1 is 0.900 bits per heavy atom. The fourth-order valence-electron chi connectivity index (χ4n) is 2.88. The fraction of sp³-hybridized carbons (Fsp3) is 0.111. The van der Waals surface area contributed by atoms with Gasteiger partial charge in [-0.05, 0) is 36.1 Å². The number of ether oxygens (including phenoxy) is 1. The van der Waals surface area contributed by atoms with Crippen LogP contribution in [0, 0.1) is 6.92 Å². The number of nitrogens with zero attached hydrogens (tertiary/aromatic N) is 1. The molecule has 0 amide bonds. The molecular formula is C18H15NO. The van der Waals surface area contributed by atoms with Crippen LogP contribution >= 0.6 is 0 Å². The van der Waals surface area contributed by atoms with E-state index < -0.39 is 0 Å². The second-order valence-corrected chi connectivity index (χ2v) is 5.27. The molecule has 0 N–H and O–H groups in total. The van der Waals surface area contributed by atoms with E-state index in [9.17, 15) is 0 Å². The minimum absolute atomic E-state index is 0.921. The van der Waals surface area contributed by atoms with Gasteiger partial charge in [-0.2, -0.15) is 0 Å². The number of hydrogen-bond donors (Lipinski definition) is 0. The van der Waals surface area contributed by atoms with E-state index >= 15 is 0 Å². The van der Waals surface area contributed by atoms with Crippen LogP contribution in [0.4, 0.5) is 11.4 Å². The molecule has 0 unspecified atom stereocenters. The first-order valence-corrected chi connectivity index (χ1v) is 6.78. The van der Waals surface area contributed by atoms with Gasteiger partial charge >= 0.3 is 0 Å². The molecule has 0 aromatic heterocycles. The van der Waals surface area contributed by atoms with Gasteiger partial charge < -0.3 is 9.64 Å². The second-order valence-electron chi connectivity index (χ2n) is 5.27. The SMILES string of the molecule is Cc1ccc2c(c1)Oc1ccc3ccccc3c1N2C. The van der Waals surface area contributed by atoms with Gasteiger partial charge in [-0.25, -0.2) is 0 Å². The van der Waals surface area contributed by atoms with Crippen molar-refractivity contribution in [1.82, 2.24) is 0 Å². The van der Waals surface area contributed by atoms with Crippen LogP contribution in [0.1, 0.15) is 5.56 Å². The van der Waals surface area contributed by atoms with Crippen LogP contribution in [0.15, 0.2) is 54.6 Å². The van der Waals surface area contributed by atoms with Gasteiger partial charge in [0.25, 0.3) is 0 Å². The van der Waals surface area contributed by atoms with Crippen LogP contribution in [-0.2, 0) is 0 Å². The second kappa shape index (κ2) is 4.01. The minimum Gasteiger partial charge on any atom is -0.453 e. The van der Waals surface area contributed by atoms with E-state index in [0.29, 0.717) is 0 Å². The van der Waals surface area contributed by atoms with Crippen molar-refractivity contribution < 1.29 is 4.74 Å². The first kappa shape index (κ1) is 11.4. The van der Waals surface area contributed by atoms with Crippen molar-refractivity contribution in [2.75, 3.05) is 11.9 Å². The summed E-state index contributed by atoms with van der Waals surface area (Å²) >= 11 is 0. The lowest BCUT2D eigenvalue weighted by molar-refractivity contribution is 0.476. The zero-order valence-electron chi connectivity index (χ0n) is 11.6. The zero-order chi connectivity index (χ0) is 13.7.